The summed E-state index contributed by atoms with van der Waals surface area (Å²) in [4.78, 5) is 19.0. The van der Waals surface area contributed by atoms with Crippen molar-refractivity contribution in [2.75, 3.05) is 5.32 Å². The molecule has 2 heterocycles. The van der Waals surface area contributed by atoms with Crippen LogP contribution in [0.25, 0.3) is 0 Å². The second-order valence-electron chi connectivity index (χ2n) is 3.54. The lowest BCUT2D eigenvalue weighted by atomic mass is 10.3. The lowest BCUT2D eigenvalue weighted by Gasteiger charge is -2.08. The van der Waals surface area contributed by atoms with E-state index < -0.39 is 5.97 Å². The minimum atomic E-state index is -0.996. The zero-order valence-corrected chi connectivity index (χ0v) is 10.9. The van der Waals surface area contributed by atoms with Crippen LogP contribution in [0.1, 0.15) is 34.2 Å². The summed E-state index contributed by atoms with van der Waals surface area (Å²) in [5.74, 6) is -0.996. The van der Waals surface area contributed by atoms with Gasteiger partial charge in [0.25, 0.3) is 0 Å². The van der Waals surface area contributed by atoms with E-state index in [0.717, 1.165) is 15.8 Å². The maximum absolute atomic E-state index is 10.7. The van der Waals surface area contributed by atoms with Crippen molar-refractivity contribution in [2.24, 2.45) is 0 Å². The van der Waals surface area contributed by atoms with Crippen LogP contribution in [-0.4, -0.2) is 21.0 Å². The molecule has 2 aromatic heterocycles. The Morgan fingerprint density at radius 1 is 1.41 bits per heavy atom. The monoisotopic (exact) mass is 269 g/mol. The lowest BCUT2D eigenvalue weighted by molar-refractivity contribution is 0.0691. The van der Waals surface area contributed by atoms with E-state index >= 15 is 0 Å². The third-order valence-electron chi connectivity index (χ3n) is 2.07. The Labute approximate surface area is 106 Å². The third kappa shape index (κ3) is 2.80. The number of thiazole rings is 2. The van der Waals surface area contributed by atoms with E-state index in [0.29, 0.717) is 0 Å². The fraction of sp³-hybridized carbons (Fsp3) is 0.300. The van der Waals surface area contributed by atoms with Crippen LogP contribution < -0.4 is 5.32 Å². The van der Waals surface area contributed by atoms with Gasteiger partial charge in [-0.25, -0.2) is 14.8 Å². The van der Waals surface area contributed by atoms with Gasteiger partial charge >= 0.3 is 5.97 Å². The summed E-state index contributed by atoms with van der Waals surface area (Å²) in [5, 5.41) is 17.0. The second kappa shape index (κ2) is 4.80. The van der Waals surface area contributed by atoms with Crippen molar-refractivity contribution >= 4 is 33.8 Å². The summed E-state index contributed by atoms with van der Waals surface area (Å²) in [5.41, 5.74) is 1.06. The van der Waals surface area contributed by atoms with Crippen LogP contribution in [-0.2, 0) is 0 Å². The van der Waals surface area contributed by atoms with Crippen LogP contribution in [0.5, 0.6) is 0 Å². The fourth-order valence-electron chi connectivity index (χ4n) is 1.25. The number of carboxylic acids is 1. The molecule has 7 heteroatoms. The van der Waals surface area contributed by atoms with Gasteiger partial charge in [0.05, 0.1) is 11.7 Å². The molecule has 1 unspecified atom stereocenters. The van der Waals surface area contributed by atoms with Gasteiger partial charge in [0.1, 0.15) is 5.01 Å². The average Bonchev–Trinajstić information content (AvgIpc) is 2.86. The molecule has 1 atom stereocenters. The molecule has 2 rings (SSSR count). The zero-order valence-electron chi connectivity index (χ0n) is 9.30. The molecule has 17 heavy (non-hydrogen) atoms. The van der Waals surface area contributed by atoms with Gasteiger partial charge in [-0.15, -0.1) is 22.7 Å². The van der Waals surface area contributed by atoms with Gasteiger partial charge in [0, 0.05) is 10.8 Å². The van der Waals surface area contributed by atoms with Crippen LogP contribution in [0, 0.1) is 6.92 Å². The first-order valence-electron chi connectivity index (χ1n) is 4.93. The smallest absolute Gasteiger partial charge is 0.355 e. The van der Waals surface area contributed by atoms with Crippen molar-refractivity contribution in [1.29, 1.82) is 0 Å². The molecule has 0 radical (unpaired) electrons. The van der Waals surface area contributed by atoms with Crippen LogP contribution in [0.4, 0.5) is 5.13 Å². The largest absolute Gasteiger partial charge is 0.476 e. The number of rotatable bonds is 4. The number of aryl methyl sites for hydroxylation is 1. The standard InChI is InChI=1S/C10H11N3O2S2/c1-5-3-17-10(11-5)12-6(2)8-13-7(4-16-8)9(14)15/h3-4,6H,1-2H3,(H,11,12)(H,14,15). The summed E-state index contributed by atoms with van der Waals surface area (Å²) in [6.45, 7) is 3.86. The average molecular weight is 269 g/mol. The summed E-state index contributed by atoms with van der Waals surface area (Å²) in [7, 11) is 0. The van der Waals surface area contributed by atoms with Gasteiger partial charge in [-0.2, -0.15) is 0 Å². The number of hydrogen-bond donors (Lipinski definition) is 2. The van der Waals surface area contributed by atoms with Gasteiger partial charge in [-0.3, -0.25) is 0 Å². The molecule has 0 bridgehead atoms. The van der Waals surface area contributed by atoms with Gasteiger partial charge in [0.15, 0.2) is 10.8 Å². The molecule has 0 fully saturated rings. The van der Waals surface area contributed by atoms with E-state index in [1.54, 1.807) is 5.38 Å². The molecule has 0 spiro atoms. The van der Waals surface area contributed by atoms with E-state index in [1.807, 2.05) is 19.2 Å². The normalized spacial score (nSPS) is 12.4. The number of anilines is 1. The van der Waals surface area contributed by atoms with Gasteiger partial charge in [-0.05, 0) is 13.8 Å². The molecular weight excluding hydrogens is 258 g/mol. The van der Waals surface area contributed by atoms with Crippen LogP contribution in [0.3, 0.4) is 0 Å². The summed E-state index contributed by atoms with van der Waals surface area (Å²) in [6.07, 6.45) is 0. The van der Waals surface area contributed by atoms with Crippen LogP contribution in [0.15, 0.2) is 10.8 Å². The summed E-state index contributed by atoms with van der Waals surface area (Å²) in [6, 6.07) is -0.0429. The number of hydrogen-bond acceptors (Lipinski definition) is 6. The maximum atomic E-state index is 10.7. The predicted molar refractivity (Wildman–Crippen MR) is 68.0 cm³/mol. The highest BCUT2D eigenvalue weighted by atomic mass is 32.1. The highest BCUT2D eigenvalue weighted by Gasteiger charge is 2.14. The zero-order chi connectivity index (χ0) is 12.4. The Morgan fingerprint density at radius 3 is 2.71 bits per heavy atom. The van der Waals surface area contributed by atoms with Crippen LogP contribution >= 0.6 is 22.7 Å². The molecule has 0 aliphatic rings. The van der Waals surface area contributed by atoms with Crippen molar-refractivity contribution in [2.45, 2.75) is 19.9 Å². The molecular formula is C10H11N3O2S2. The van der Waals surface area contributed by atoms with E-state index in [9.17, 15) is 4.79 Å². The van der Waals surface area contributed by atoms with E-state index in [4.69, 9.17) is 5.11 Å². The Bertz CT molecular complexity index is 535. The van der Waals surface area contributed by atoms with Crippen molar-refractivity contribution in [3.63, 3.8) is 0 Å². The number of nitrogens with zero attached hydrogens (tertiary/aromatic N) is 2. The van der Waals surface area contributed by atoms with Crippen molar-refractivity contribution < 1.29 is 9.90 Å². The predicted octanol–water partition coefficient (Wildman–Crippen LogP) is 2.78. The highest BCUT2D eigenvalue weighted by molar-refractivity contribution is 7.13. The Morgan fingerprint density at radius 2 is 2.18 bits per heavy atom. The van der Waals surface area contributed by atoms with Gasteiger partial charge in [0.2, 0.25) is 0 Å². The number of aromatic nitrogens is 2. The van der Waals surface area contributed by atoms with E-state index in [2.05, 4.69) is 15.3 Å². The number of aromatic carboxylic acids is 1. The molecule has 0 amide bonds. The molecule has 0 saturated carbocycles. The highest BCUT2D eigenvalue weighted by Crippen LogP contribution is 2.24. The first-order valence-corrected chi connectivity index (χ1v) is 6.69. The molecule has 2 aromatic rings. The molecule has 0 aliphatic heterocycles. The van der Waals surface area contributed by atoms with Crippen molar-refractivity contribution in [3.05, 3.63) is 27.2 Å². The van der Waals surface area contributed by atoms with Crippen LogP contribution in [0.2, 0.25) is 0 Å². The lowest BCUT2D eigenvalue weighted by Crippen LogP contribution is -2.07. The first-order chi connectivity index (χ1) is 8.06. The number of carbonyl (C=O) groups is 1. The molecule has 0 aliphatic carbocycles. The van der Waals surface area contributed by atoms with Crippen molar-refractivity contribution in [3.8, 4) is 0 Å². The molecule has 0 saturated heterocycles. The minimum Gasteiger partial charge on any atom is -0.476 e. The maximum Gasteiger partial charge on any atom is 0.355 e. The number of carboxylic acid groups (broad SMARTS) is 1. The van der Waals surface area contributed by atoms with Gasteiger partial charge in [-0.1, -0.05) is 0 Å². The topological polar surface area (TPSA) is 75.1 Å². The first kappa shape index (κ1) is 12.0. The number of nitrogens with one attached hydrogen (secondary N) is 1. The Hall–Kier alpha value is -1.47. The fourth-order valence-corrected chi connectivity index (χ4v) is 2.83. The molecule has 0 aromatic carbocycles. The van der Waals surface area contributed by atoms with Gasteiger partial charge < -0.3 is 10.4 Å². The quantitative estimate of drug-likeness (QED) is 0.892. The minimum absolute atomic E-state index is 0.0429. The summed E-state index contributed by atoms with van der Waals surface area (Å²) < 4.78 is 0. The Kier molecular flexibility index (Phi) is 3.39. The molecule has 90 valence electrons. The molecule has 5 nitrogen and oxygen atoms in total. The van der Waals surface area contributed by atoms with Crippen molar-refractivity contribution in [1.82, 2.24) is 9.97 Å². The Balaban J connectivity index is 2.08. The second-order valence-corrected chi connectivity index (χ2v) is 5.28. The molecule has 2 N–H and O–H groups in total. The SMILES string of the molecule is Cc1csc(NC(C)c2nc(C(=O)O)cs2)n1. The third-order valence-corrected chi connectivity index (χ3v) is 3.99. The summed E-state index contributed by atoms with van der Waals surface area (Å²) >= 11 is 2.86. The van der Waals surface area contributed by atoms with E-state index in [1.165, 1.54) is 22.7 Å². The van der Waals surface area contributed by atoms with E-state index in [-0.39, 0.29) is 11.7 Å².